The maximum absolute atomic E-state index is 13.8. The van der Waals surface area contributed by atoms with Crippen molar-refractivity contribution in [2.45, 2.75) is 12.6 Å². The number of ether oxygens (including phenoxy) is 1. The van der Waals surface area contributed by atoms with Gasteiger partial charge in [-0.05, 0) is 24.3 Å². The number of fused-ring (bicyclic) bond motifs is 2. The van der Waals surface area contributed by atoms with E-state index in [1.165, 1.54) is 4.90 Å². The van der Waals surface area contributed by atoms with Gasteiger partial charge in [-0.15, -0.1) is 0 Å². The minimum absolute atomic E-state index is 0.0151. The molecule has 1 amide bonds. The van der Waals surface area contributed by atoms with Crippen molar-refractivity contribution in [3.63, 3.8) is 0 Å². The number of rotatable bonds is 6. The molecular weight excluding hydrogens is 456 g/mol. The zero-order valence-corrected chi connectivity index (χ0v) is 19.4. The zero-order valence-electron chi connectivity index (χ0n) is 19.4. The monoisotopic (exact) mass is 478 g/mol. The normalized spacial score (nSPS) is 15.9. The van der Waals surface area contributed by atoms with Crippen LogP contribution in [0.1, 0.15) is 27.7 Å². The highest BCUT2D eigenvalue weighted by Gasteiger charge is 2.45. The van der Waals surface area contributed by atoms with Crippen LogP contribution in [0, 0.1) is 0 Å². The lowest BCUT2D eigenvalue weighted by atomic mass is 9.94. The summed E-state index contributed by atoms with van der Waals surface area (Å²) in [5, 5.41) is 12.7. The summed E-state index contributed by atoms with van der Waals surface area (Å²) >= 11 is 0. The molecular formula is C29H22N2O5. The number of nitrogens with zero attached hydrogens (tertiary/aromatic N) is 1. The second-order valence-corrected chi connectivity index (χ2v) is 8.68. The predicted molar refractivity (Wildman–Crippen MR) is 135 cm³/mol. The molecule has 0 saturated carbocycles. The van der Waals surface area contributed by atoms with Gasteiger partial charge in [-0.3, -0.25) is 9.59 Å². The smallest absolute Gasteiger partial charge is 0.290 e. The Morgan fingerprint density at radius 2 is 1.81 bits per heavy atom. The first-order chi connectivity index (χ1) is 17.6. The van der Waals surface area contributed by atoms with Crippen LogP contribution < -0.4 is 4.74 Å². The topological polar surface area (TPSA) is 95.8 Å². The van der Waals surface area contributed by atoms with E-state index < -0.39 is 23.5 Å². The number of hydrogen-bond donors (Lipinski definition) is 2. The van der Waals surface area contributed by atoms with Crippen molar-refractivity contribution in [3.05, 3.63) is 113 Å². The third kappa shape index (κ3) is 3.36. The van der Waals surface area contributed by atoms with E-state index in [-0.39, 0.29) is 17.9 Å². The van der Waals surface area contributed by atoms with Crippen molar-refractivity contribution in [1.29, 1.82) is 0 Å². The summed E-state index contributed by atoms with van der Waals surface area (Å²) in [7, 11) is 1.56. The molecule has 0 radical (unpaired) electrons. The molecule has 6 rings (SSSR count). The van der Waals surface area contributed by atoms with Crippen LogP contribution in [0.4, 0.5) is 0 Å². The number of ketones is 1. The van der Waals surface area contributed by atoms with E-state index in [0.717, 1.165) is 21.9 Å². The molecule has 3 aromatic carbocycles. The van der Waals surface area contributed by atoms with E-state index in [4.69, 9.17) is 9.15 Å². The average Bonchev–Trinajstić information content (AvgIpc) is 3.59. The van der Waals surface area contributed by atoms with Crippen LogP contribution in [-0.4, -0.2) is 33.8 Å². The maximum atomic E-state index is 13.8. The number of aromatic nitrogens is 1. The van der Waals surface area contributed by atoms with Crippen LogP contribution in [-0.2, 0) is 11.3 Å². The molecule has 0 saturated heterocycles. The highest BCUT2D eigenvalue weighted by Crippen LogP contribution is 2.43. The van der Waals surface area contributed by atoms with Crippen LogP contribution in [0.5, 0.6) is 5.75 Å². The van der Waals surface area contributed by atoms with Gasteiger partial charge >= 0.3 is 0 Å². The second kappa shape index (κ2) is 8.46. The molecule has 0 fully saturated rings. The Balaban J connectivity index is 1.50. The van der Waals surface area contributed by atoms with Crippen LogP contribution in [0.3, 0.4) is 0 Å². The van der Waals surface area contributed by atoms with Crippen molar-refractivity contribution < 1.29 is 23.8 Å². The standard InChI is InChI=1S/C29H22N2O5/c1-35-22-12-6-3-9-18(22)16-31-26(20-15-30-21-11-5-4-10-19(20)21)25(28(33)29(31)34)27(32)24-14-17-8-2-7-13-23(17)36-24/h2-15,26,30,33H,16H2,1H3. The summed E-state index contributed by atoms with van der Waals surface area (Å²) in [4.78, 5) is 32.0. The molecule has 1 aliphatic heterocycles. The number of aromatic amines is 1. The Hall–Kier alpha value is -4.78. The van der Waals surface area contributed by atoms with Crippen molar-refractivity contribution in [1.82, 2.24) is 9.88 Å². The molecule has 2 aromatic heterocycles. The third-order valence-electron chi connectivity index (χ3n) is 6.65. The summed E-state index contributed by atoms with van der Waals surface area (Å²) < 4.78 is 11.3. The number of carbonyl (C=O) groups is 2. The van der Waals surface area contributed by atoms with Gasteiger partial charge in [0.05, 0.1) is 25.3 Å². The molecule has 0 bridgehead atoms. The summed E-state index contributed by atoms with van der Waals surface area (Å²) in [6.45, 7) is 0.133. The summed E-state index contributed by atoms with van der Waals surface area (Å²) in [6.07, 6.45) is 1.78. The molecule has 1 unspecified atom stereocenters. The Morgan fingerprint density at radius 1 is 1.06 bits per heavy atom. The lowest BCUT2D eigenvalue weighted by Gasteiger charge is -2.27. The fourth-order valence-corrected chi connectivity index (χ4v) is 4.94. The van der Waals surface area contributed by atoms with Gasteiger partial charge in [0.15, 0.2) is 11.5 Å². The summed E-state index contributed by atoms with van der Waals surface area (Å²) in [5.74, 6) is -1.06. The van der Waals surface area contributed by atoms with E-state index >= 15 is 0 Å². The van der Waals surface area contributed by atoms with Crippen LogP contribution in [0.25, 0.3) is 21.9 Å². The highest BCUT2D eigenvalue weighted by atomic mass is 16.5. The van der Waals surface area contributed by atoms with Gasteiger partial charge in [0.2, 0.25) is 5.78 Å². The summed E-state index contributed by atoms with van der Waals surface area (Å²) in [6, 6.07) is 23.1. The van der Waals surface area contributed by atoms with Crippen molar-refractivity contribution in [2.24, 2.45) is 0 Å². The number of aliphatic hydroxyl groups is 1. The number of aliphatic hydroxyl groups excluding tert-OH is 1. The Labute approximate surface area is 206 Å². The van der Waals surface area contributed by atoms with E-state index in [9.17, 15) is 14.7 Å². The number of carbonyl (C=O) groups excluding carboxylic acids is 2. The number of benzene rings is 3. The van der Waals surface area contributed by atoms with Gasteiger partial charge in [-0.25, -0.2) is 0 Å². The van der Waals surface area contributed by atoms with Crippen molar-refractivity contribution >= 4 is 33.6 Å². The van der Waals surface area contributed by atoms with E-state index in [1.54, 1.807) is 25.4 Å². The van der Waals surface area contributed by atoms with Crippen LogP contribution in [0.2, 0.25) is 0 Å². The van der Waals surface area contributed by atoms with E-state index in [1.807, 2.05) is 66.7 Å². The van der Waals surface area contributed by atoms with Gasteiger partial charge in [0, 0.05) is 33.6 Å². The second-order valence-electron chi connectivity index (χ2n) is 8.68. The highest BCUT2D eigenvalue weighted by molar-refractivity contribution is 6.16. The predicted octanol–water partition coefficient (Wildman–Crippen LogP) is 5.70. The number of Topliss-reactive ketones (excluding diaryl/α,β-unsaturated/α-hetero) is 1. The number of H-pyrrole nitrogens is 1. The van der Waals surface area contributed by atoms with Crippen LogP contribution in [0.15, 0.2) is 101 Å². The van der Waals surface area contributed by atoms with Gasteiger partial charge in [0.1, 0.15) is 11.3 Å². The number of methoxy groups -OCH3 is 1. The minimum Gasteiger partial charge on any atom is -0.503 e. The molecule has 0 spiro atoms. The largest absolute Gasteiger partial charge is 0.503 e. The first kappa shape index (κ1) is 21.7. The summed E-state index contributed by atoms with van der Waals surface area (Å²) in [5.41, 5.74) is 2.86. The Bertz CT molecular complexity index is 1640. The molecule has 2 N–H and O–H groups in total. The molecule has 36 heavy (non-hydrogen) atoms. The van der Waals surface area contributed by atoms with Gasteiger partial charge in [0.25, 0.3) is 5.91 Å². The minimum atomic E-state index is -0.834. The number of amides is 1. The van der Waals surface area contributed by atoms with E-state index in [0.29, 0.717) is 16.9 Å². The fourth-order valence-electron chi connectivity index (χ4n) is 4.94. The quantitative estimate of drug-likeness (QED) is 0.305. The molecule has 7 heteroatoms. The van der Waals surface area contributed by atoms with Crippen LogP contribution >= 0.6 is 0 Å². The maximum Gasteiger partial charge on any atom is 0.290 e. The fraction of sp³-hybridized carbons (Fsp3) is 0.103. The molecule has 1 aliphatic rings. The first-order valence-corrected chi connectivity index (χ1v) is 11.5. The van der Waals surface area contributed by atoms with Crippen molar-refractivity contribution in [3.8, 4) is 5.75 Å². The third-order valence-corrected chi connectivity index (χ3v) is 6.65. The molecule has 7 nitrogen and oxygen atoms in total. The number of para-hydroxylation sites is 3. The lowest BCUT2D eigenvalue weighted by molar-refractivity contribution is -0.130. The number of hydrogen-bond acceptors (Lipinski definition) is 5. The molecule has 5 aromatic rings. The Morgan fingerprint density at radius 3 is 2.64 bits per heavy atom. The van der Waals surface area contributed by atoms with Gasteiger partial charge in [-0.1, -0.05) is 54.6 Å². The first-order valence-electron chi connectivity index (χ1n) is 11.5. The molecule has 178 valence electrons. The van der Waals surface area contributed by atoms with E-state index in [2.05, 4.69) is 4.98 Å². The van der Waals surface area contributed by atoms with Crippen molar-refractivity contribution in [2.75, 3.05) is 7.11 Å². The molecule has 0 aliphatic carbocycles. The molecule has 3 heterocycles. The SMILES string of the molecule is COc1ccccc1CN1C(=O)C(O)=C(C(=O)c2cc3ccccc3o2)C1c1c[nH]c2ccccc12. The lowest BCUT2D eigenvalue weighted by Crippen LogP contribution is -2.30. The molecule has 1 atom stereocenters. The average molecular weight is 479 g/mol. The zero-order chi connectivity index (χ0) is 24.8. The Kier molecular flexibility index (Phi) is 5.11. The van der Waals surface area contributed by atoms with Gasteiger partial charge < -0.3 is 24.1 Å². The number of furan rings is 1. The number of nitrogens with one attached hydrogen (secondary N) is 1. The van der Waals surface area contributed by atoms with Gasteiger partial charge in [-0.2, -0.15) is 0 Å².